The van der Waals surface area contributed by atoms with E-state index in [2.05, 4.69) is 25.9 Å². The van der Waals surface area contributed by atoms with Crippen LogP contribution in [0.4, 0.5) is 0 Å². The van der Waals surface area contributed by atoms with E-state index < -0.39 is 5.97 Å². The van der Waals surface area contributed by atoms with Gasteiger partial charge in [0.05, 0.1) is 22.4 Å². The summed E-state index contributed by atoms with van der Waals surface area (Å²) in [6, 6.07) is 11.2. The molecule has 0 aliphatic carbocycles. The summed E-state index contributed by atoms with van der Waals surface area (Å²) < 4.78 is 12.4. The van der Waals surface area contributed by atoms with Crippen LogP contribution in [0.1, 0.15) is 25.0 Å². The molecule has 0 fully saturated rings. The summed E-state index contributed by atoms with van der Waals surface area (Å²) in [6.07, 6.45) is 1.71. The molecule has 7 heteroatoms. The average Bonchev–Trinajstić information content (AvgIpc) is 2.95. The van der Waals surface area contributed by atoms with E-state index >= 15 is 0 Å². The van der Waals surface area contributed by atoms with Gasteiger partial charge in [-0.25, -0.2) is 4.79 Å². The first kappa shape index (κ1) is 19.5. The number of carbonyl (C=O) groups excluding carboxylic acids is 1. The third kappa shape index (κ3) is 4.51. The predicted molar refractivity (Wildman–Crippen MR) is 108 cm³/mol. The molecule has 1 aliphatic rings. The van der Waals surface area contributed by atoms with E-state index in [4.69, 9.17) is 21.1 Å². The highest BCUT2D eigenvalue weighted by Crippen LogP contribution is 2.38. The molecule has 1 heterocycles. The lowest BCUT2D eigenvalue weighted by Crippen LogP contribution is -2.03. The normalized spacial score (nSPS) is 14.9. The molecule has 0 atom stereocenters. The fraction of sp³-hybridized carbons (Fsp3) is 0.200. The van der Waals surface area contributed by atoms with E-state index in [1.165, 1.54) is 0 Å². The first-order valence-corrected chi connectivity index (χ1v) is 9.47. The number of nitrogens with zero attached hydrogens (tertiary/aromatic N) is 1. The molecule has 0 N–H and O–H groups in total. The third-order valence-corrected chi connectivity index (χ3v) is 4.81. The van der Waals surface area contributed by atoms with Crippen molar-refractivity contribution < 1.29 is 19.1 Å². The largest absolute Gasteiger partial charge is 0.490 e. The van der Waals surface area contributed by atoms with Crippen molar-refractivity contribution >= 4 is 45.3 Å². The second kappa shape index (κ2) is 8.59. The molecular weight excluding hydrogens is 434 g/mol. The first-order valence-electron chi connectivity index (χ1n) is 8.30. The quantitative estimate of drug-likeness (QED) is 0.437. The molecule has 2 aromatic carbocycles. The maximum Gasteiger partial charge on any atom is 0.367 e. The van der Waals surface area contributed by atoms with Gasteiger partial charge in [0, 0.05) is 10.6 Å². The van der Waals surface area contributed by atoms with E-state index in [1.807, 2.05) is 43.3 Å². The molecule has 0 bridgehead atoms. The Bertz CT molecular complexity index is 940. The number of ether oxygens (including phenoxy) is 2. The number of oxime groups is 1. The molecule has 0 saturated carbocycles. The summed E-state index contributed by atoms with van der Waals surface area (Å²) in [5.41, 5.74) is 2.58. The van der Waals surface area contributed by atoms with Crippen LogP contribution in [-0.2, 0) is 16.2 Å². The summed E-state index contributed by atoms with van der Waals surface area (Å²) in [6.45, 7) is 4.38. The van der Waals surface area contributed by atoms with Crippen molar-refractivity contribution in [2.24, 2.45) is 5.16 Å². The SMILES string of the molecule is CCOc1cc(/C=C2/C(=O)ON=C2C)cc(Br)c1OCc1ccccc1Cl. The molecule has 3 rings (SSSR count). The highest BCUT2D eigenvalue weighted by molar-refractivity contribution is 9.10. The molecule has 140 valence electrons. The highest BCUT2D eigenvalue weighted by atomic mass is 79.9. The topological polar surface area (TPSA) is 57.1 Å². The molecule has 0 amide bonds. The third-order valence-electron chi connectivity index (χ3n) is 3.85. The van der Waals surface area contributed by atoms with Crippen LogP contribution >= 0.6 is 27.5 Å². The van der Waals surface area contributed by atoms with Gasteiger partial charge in [-0.05, 0) is 59.6 Å². The predicted octanol–water partition coefficient (Wildman–Crippen LogP) is 5.40. The zero-order valence-electron chi connectivity index (χ0n) is 14.8. The van der Waals surface area contributed by atoms with E-state index in [1.54, 1.807) is 13.0 Å². The van der Waals surface area contributed by atoms with Gasteiger partial charge in [0.15, 0.2) is 11.5 Å². The fourth-order valence-corrected chi connectivity index (χ4v) is 3.29. The van der Waals surface area contributed by atoms with Crippen LogP contribution in [0.15, 0.2) is 51.6 Å². The van der Waals surface area contributed by atoms with E-state index in [-0.39, 0.29) is 0 Å². The molecule has 0 radical (unpaired) electrons. The van der Waals surface area contributed by atoms with Crippen molar-refractivity contribution in [2.45, 2.75) is 20.5 Å². The van der Waals surface area contributed by atoms with Gasteiger partial charge in [-0.2, -0.15) is 0 Å². The lowest BCUT2D eigenvalue weighted by molar-refractivity contribution is -0.136. The Morgan fingerprint density at radius 2 is 2.04 bits per heavy atom. The van der Waals surface area contributed by atoms with Gasteiger partial charge in [0.25, 0.3) is 0 Å². The summed E-state index contributed by atoms with van der Waals surface area (Å²) in [7, 11) is 0. The average molecular weight is 451 g/mol. The van der Waals surface area contributed by atoms with Crippen LogP contribution in [0, 0.1) is 0 Å². The maximum atomic E-state index is 11.8. The minimum Gasteiger partial charge on any atom is -0.490 e. The number of hydrogen-bond acceptors (Lipinski definition) is 5. The minimum absolute atomic E-state index is 0.302. The van der Waals surface area contributed by atoms with E-state index in [0.29, 0.717) is 45.5 Å². The molecule has 0 unspecified atom stereocenters. The molecular formula is C20H17BrClNO4. The second-order valence-corrected chi connectivity index (χ2v) is 7.02. The molecule has 5 nitrogen and oxygen atoms in total. The van der Waals surface area contributed by atoms with Crippen LogP contribution in [-0.4, -0.2) is 18.3 Å². The van der Waals surface area contributed by atoms with Crippen molar-refractivity contribution in [1.82, 2.24) is 0 Å². The Morgan fingerprint density at radius 3 is 2.70 bits per heavy atom. The van der Waals surface area contributed by atoms with Crippen LogP contribution in [0.3, 0.4) is 0 Å². The van der Waals surface area contributed by atoms with Crippen LogP contribution in [0.25, 0.3) is 6.08 Å². The van der Waals surface area contributed by atoms with Gasteiger partial charge in [-0.15, -0.1) is 0 Å². The number of carbonyl (C=O) groups is 1. The zero-order valence-corrected chi connectivity index (χ0v) is 17.1. The molecule has 2 aromatic rings. The molecule has 0 saturated heterocycles. The Labute approximate surface area is 170 Å². The van der Waals surface area contributed by atoms with Gasteiger partial charge in [-0.1, -0.05) is 35.0 Å². The standard InChI is InChI=1S/C20H17BrClNO4/c1-3-25-18-10-13(8-15-12(2)23-27-20(15)24)9-16(21)19(18)26-11-14-6-4-5-7-17(14)22/h4-10H,3,11H2,1-2H3/b15-8+. The zero-order chi connectivity index (χ0) is 19.4. The lowest BCUT2D eigenvalue weighted by Gasteiger charge is -2.15. The Morgan fingerprint density at radius 1 is 1.26 bits per heavy atom. The van der Waals surface area contributed by atoms with Gasteiger partial charge in [-0.3, -0.25) is 0 Å². The Kier molecular flexibility index (Phi) is 6.19. The molecule has 0 spiro atoms. The second-order valence-electron chi connectivity index (χ2n) is 5.76. The summed E-state index contributed by atoms with van der Waals surface area (Å²) in [4.78, 5) is 16.4. The molecule has 1 aliphatic heterocycles. The van der Waals surface area contributed by atoms with Crippen molar-refractivity contribution in [3.63, 3.8) is 0 Å². The van der Waals surface area contributed by atoms with Gasteiger partial charge in [0.2, 0.25) is 0 Å². The summed E-state index contributed by atoms with van der Waals surface area (Å²) in [5, 5.41) is 4.32. The first-order chi connectivity index (χ1) is 13.0. The number of benzene rings is 2. The summed E-state index contributed by atoms with van der Waals surface area (Å²) >= 11 is 9.72. The smallest absolute Gasteiger partial charge is 0.367 e. The van der Waals surface area contributed by atoms with Crippen molar-refractivity contribution in [3.05, 3.63) is 62.6 Å². The highest BCUT2D eigenvalue weighted by Gasteiger charge is 2.22. The number of hydrogen-bond donors (Lipinski definition) is 0. The van der Waals surface area contributed by atoms with Crippen LogP contribution in [0.5, 0.6) is 11.5 Å². The minimum atomic E-state index is -0.472. The van der Waals surface area contributed by atoms with E-state index in [9.17, 15) is 4.79 Å². The number of rotatable bonds is 6. The fourth-order valence-electron chi connectivity index (χ4n) is 2.53. The van der Waals surface area contributed by atoms with Gasteiger partial charge < -0.3 is 14.3 Å². The van der Waals surface area contributed by atoms with Crippen LogP contribution in [0.2, 0.25) is 5.02 Å². The van der Waals surface area contributed by atoms with Crippen LogP contribution < -0.4 is 9.47 Å². The Balaban J connectivity index is 1.91. The van der Waals surface area contributed by atoms with Gasteiger partial charge in [0.1, 0.15) is 6.61 Å². The molecule has 27 heavy (non-hydrogen) atoms. The molecule has 0 aromatic heterocycles. The lowest BCUT2D eigenvalue weighted by atomic mass is 10.1. The summed E-state index contributed by atoms with van der Waals surface area (Å²) in [5.74, 6) is 0.658. The van der Waals surface area contributed by atoms with Crippen molar-refractivity contribution in [2.75, 3.05) is 6.61 Å². The van der Waals surface area contributed by atoms with E-state index in [0.717, 1.165) is 11.1 Å². The van der Waals surface area contributed by atoms with Crippen molar-refractivity contribution in [3.8, 4) is 11.5 Å². The monoisotopic (exact) mass is 449 g/mol. The van der Waals surface area contributed by atoms with Crippen molar-refractivity contribution in [1.29, 1.82) is 0 Å². The number of halogens is 2. The van der Waals surface area contributed by atoms with Gasteiger partial charge >= 0.3 is 5.97 Å². The maximum absolute atomic E-state index is 11.8. The Hall–Kier alpha value is -2.31.